The van der Waals surface area contributed by atoms with Crippen LogP contribution in [0.5, 0.6) is 0 Å². The van der Waals surface area contributed by atoms with Gasteiger partial charge in [0.1, 0.15) is 4.21 Å². The van der Waals surface area contributed by atoms with Crippen LogP contribution in [0.3, 0.4) is 0 Å². The predicted octanol–water partition coefficient (Wildman–Crippen LogP) is 1.35. The van der Waals surface area contributed by atoms with Gasteiger partial charge in [-0.2, -0.15) is 0 Å². The van der Waals surface area contributed by atoms with Gasteiger partial charge in [-0.15, -0.1) is 11.3 Å². The van der Waals surface area contributed by atoms with Crippen LogP contribution in [0, 0.1) is 0 Å². The van der Waals surface area contributed by atoms with E-state index < -0.39 is 15.9 Å². The summed E-state index contributed by atoms with van der Waals surface area (Å²) in [5.41, 5.74) is 0. The molecule has 2 heterocycles. The highest BCUT2D eigenvalue weighted by atomic mass is 32.2. The van der Waals surface area contributed by atoms with E-state index in [-0.39, 0.29) is 5.75 Å². The number of thiophene rings is 1. The molecule has 1 aliphatic heterocycles. The van der Waals surface area contributed by atoms with Gasteiger partial charge in [0.25, 0.3) is 0 Å². The van der Waals surface area contributed by atoms with E-state index >= 15 is 0 Å². The van der Waals surface area contributed by atoms with E-state index in [0.29, 0.717) is 16.8 Å². The number of aliphatic hydroxyl groups excluding tert-OH is 1. The van der Waals surface area contributed by atoms with Crippen LogP contribution in [-0.2, 0) is 9.84 Å². The molecule has 7 heteroatoms. The summed E-state index contributed by atoms with van der Waals surface area (Å²) in [4.78, 5) is 2.45. The van der Waals surface area contributed by atoms with E-state index in [0.717, 1.165) is 32.5 Å². The number of rotatable bonds is 8. The monoisotopic (exact) mass is 346 g/mol. The molecule has 2 rings (SSSR count). The summed E-state index contributed by atoms with van der Waals surface area (Å²) in [6, 6.07) is 3.68. The molecule has 0 aliphatic carbocycles. The zero-order valence-corrected chi connectivity index (χ0v) is 14.7. The molecule has 1 aromatic heterocycles. The molecule has 126 valence electrons. The lowest BCUT2D eigenvalue weighted by Crippen LogP contribution is -2.45. The highest BCUT2D eigenvalue weighted by Crippen LogP contribution is 2.18. The Morgan fingerprint density at radius 3 is 2.77 bits per heavy atom. The second kappa shape index (κ2) is 8.40. The fraction of sp³-hybridized carbons (Fsp3) is 0.733. The fourth-order valence-corrected chi connectivity index (χ4v) is 5.29. The first-order chi connectivity index (χ1) is 10.5. The Bertz CT molecular complexity index is 523. The Hall–Kier alpha value is -0.470. The van der Waals surface area contributed by atoms with Gasteiger partial charge in [-0.1, -0.05) is 13.0 Å². The van der Waals surface area contributed by atoms with Crippen LogP contribution in [0.25, 0.3) is 0 Å². The maximum Gasteiger partial charge on any atom is 0.190 e. The number of hydrogen-bond acceptors (Lipinski definition) is 6. The van der Waals surface area contributed by atoms with Gasteiger partial charge in [0.05, 0.1) is 11.9 Å². The largest absolute Gasteiger partial charge is 0.391 e. The van der Waals surface area contributed by atoms with Gasteiger partial charge < -0.3 is 15.3 Å². The van der Waals surface area contributed by atoms with Crippen molar-refractivity contribution in [2.75, 3.05) is 31.9 Å². The third-order valence-corrected chi connectivity index (χ3v) is 7.27. The number of nitrogens with zero attached hydrogens (tertiary/aromatic N) is 1. The van der Waals surface area contributed by atoms with Crippen LogP contribution >= 0.6 is 11.3 Å². The molecule has 5 nitrogen and oxygen atoms in total. The molecule has 2 N–H and O–H groups in total. The quantitative estimate of drug-likeness (QED) is 0.743. The average molecular weight is 347 g/mol. The SMILES string of the molecule is CCCN1CCC(NCC(O)CS(=O)(=O)c2cccs2)CC1. The molecule has 0 bridgehead atoms. The lowest BCUT2D eigenvalue weighted by Gasteiger charge is -2.32. The molecular formula is C15H26N2O3S2. The molecule has 0 spiro atoms. The normalized spacial score (nSPS) is 19.4. The van der Waals surface area contributed by atoms with Crippen LogP contribution in [0.1, 0.15) is 26.2 Å². The van der Waals surface area contributed by atoms with Crippen molar-refractivity contribution in [3.05, 3.63) is 17.5 Å². The van der Waals surface area contributed by atoms with Gasteiger partial charge >= 0.3 is 0 Å². The molecule has 1 fully saturated rings. The van der Waals surface area contributed by atoms with Crippen molar-refractivity contribution in [1.82, 2.24) is 10.2 Å². The van der Waals surface area contributed by atoms with Crippen LogP contribution in [0.15, 0.2) is 21.7 Å². The molecule has 0 aromatic carbocycles. The van der Waals surface area contributed by atoms with E-state index in [1.54, 1.807) is 17.5 Å². The van der Waals surface area contributed by atoms with Crippen molar-refractivity contribution in [1.29, 1.82) is 0 Å². The van der Waals surface area contributed by atoms with Gasteiger partial charge in [-0.05, 0) is 50.3 Å². The minimum Gasteiger partial charge on any atom is -0.391 e. The van der Waals surface area contributed by atoms with Crippen molar-refractivity contribution in [2.24, 2.45) is 0 Å². The smallest absolute Gasteiger partial charge is 0.190 e. The first-order valence-electron chi connectivity index (χ1n) is 7.91. The van der Waals surface area contributed by atoms with Crippen molar-refractivity contribution in [2.45, 2.75) is 42.5 Å². The van der Waals surface area contributed by atoms with Crippen LogP contribution < -0.4 is 5.32 Å². The number of hydrogen-bond donors (Lipinski definition) is 2. The van der Waals surface area contributed by atoms with Crippen LogP contribution in [0.4, 0.5) is 0 Å². The maximum absolute atomic E-state index is 12.1. The summed E-state index contributed by atoms with van der Waals surface area (Å²) in [5.74, 6) is -0.213. The van der Waals surface area contributed by atoms with Crippen molar-refractivity contribution < 1.29 is 13.5 Å². The first-order valence-corrected chi connectivity index (χ1v) is 10.4. The zero-order valence-electron chi connectivity index (χ0n) is 13.1. The van der Waals surface area contributed by atoms with Crippen molar-refractivity contribution in [3.63, 3.8) is 0 Å². The van der Waals surface area contributed by atoms with Gasteiger partial charge in [-0.25, -0.2) is 8.42 Å². The Kier molecular flexibility index (Phi) is 6.83. The van der Waals surface area contributed by atoms with Crippen molar-refractivity contribution in [3.8, 4) is 0 Å². The lowest BCUT2D eigenvalue weighted by atomic mass is 10.0. The zero-order chi connectivity index (χ0) is 16.0. The first kappa shape index (κ1) is 17.9. The Morgan fingerprint density at radius 1 is 1.45 bits per heavy atom. The van der Waals surface area contributed by atoms with E-state index in [9.17, 15) is 13.5 Å². The van der Waals surface area contributed by atoms with E-state index in [4.69, 9.17) is 0 Å². The van der Waals surface area contributed by atoms with Gasteiger partial charge in [0.15, 0.2) is 9.84 Å². The summed E-state index contributed by atoms with van der Waals surface area (Å²) in [6.07, 6.45) is 2.44. The van der Waals surface area contributed by atoms with Gasteiger partial charge in [0.2, 0.25) is 0 Å². The third kappa shape index (κ3) is 5.31. The number of likely N-dealkylation sites (tertiary alicyclic amines) is 1. The molecule has 0 radical (unpaired) electrons. The topological polar surface area (TPSA) is 69.6 Å². The van der Waals surface area contributed by atoms with Crippen LogP contribution in [-0.4, -0.2) is 62.5 Å². The standard InChI is InChI=1S/C15H26N2O3S2/c1-2-7-17-8-5-13(6-9-17)16-11-14(18)12-22(19,20)15-4-3-10-21-15/h3-4,10,13-14,16,18H,2,5-9,11-12H2,1H3. The highest BCUT2D eigenvalue weighted by molar-refractivity contribution is 7.93. The minimum absolute atomic E-state index is 0.213. The summed E-state index contributed by atoms with van der Waals surface area (Å²) >= 11 is 1.20. The number of aliphatic hydroxyl groups is 1. The summed E-state index contributed by atoms with van der Waals surface area (Å²) in [5, 5.41) is 15.1. The Balaban J connectivity index is 1.71. The molecule has 0 saturated carbocycles. The van der Waals surface area contributed by atoms with Gasteiger partial charge in [0, 0.05) is 12.6 Å². The summed E-state index contributed by atoms with van der Waals surface area (Å²) in [6.45, 7) is 5.83. The molecule has 1 aromatic rings. The Morgan fingerprint density at radius 2 is 2.18 bits per heavy atom. The molecule has 1 aliphatic rings. The minimum atomic E-state index is -3.36. The van der Waals surface area contributed by atoms with E-state index in [1.807, 2.05) is 0 Å². The summed E-state index contributed by atoms with van der Waals surface area (Å²) in [7, 11) is -3.36. The number of nitrogens with one attached hydrogen (secondary N) is 1. The lowest BCUT2D eigenvalue weighted by molar-refractivity contribution is 0.163. The van der Waals surface area contributed by atoms with Crippen molar-refractivity contribution >= 4 is 21.2 Å². The second-order valence-corrected chi connectivity index (χ2v) is 9.10. The third-order valence-electron chi connectivity index (χ3n) is 3.98. The van der Waals surface area contributed by atoms with Gasteiger partial charge in [-0.3, -0.25) is 0 Å². The Labute approximate surface area is 137 Å². The molecular weight excluding hydrogens is 320 g/mol. The van der Waals surface area contributed by atoms with E-state index in [2.05, 4.69) is 17.1 Å². The maximum atomic E-state index is 12.1. The molecule has 1 atom stereocenters. The fourth-order valence-electron chi connectivity index (χ4n) is 2.81. The van der Waals surface area contributed by atoms with Crippen LogP contribution in [0.2, 0.25) is 0 Å². The second-order valence-electron chi connectivity index (χ2n) is 5.89. The number of sulfone groups is 1. The van der Waals surface area contributed by atoms with E-state index in [1.165, 1.54) is 17.8 Å². The summed E-state index contributed by atoms with van der Waals surface area (Å²) < 4.78 is 24.5. The molecule has 1 saturated heterocycles. The predicted molar refractivity (Wildman–Crippen MR) is 90.1 cm³/mol. The highest BCUT2D eigenvalue weighted by Gasteiger charge is 2.23. The molecule has 1 unspecified atom stereocenters. The average Bonchev–Trinajstić information content (AvgIpc) is 3.01. The molecule has 0 amide bonds. The molecule has 22 heavy (non-hydrogen) atoms. The number of piperidine rings is 1.